The lowest BCUT2D eigenvalue weighted by atomic mass is 10.0. The van der Waals surface area contributed by atoms with Gasteiger partial charge in [0.05, 0.1) is 5.56 Å². The molecule has 1 aromatic rings. The fourth-order valence-corrected chi connectivity index (χ4v) is 1.87. The van der Waals surface area contributed by atoms with E-state index in [1.807, 2.05) is 6.92 Å². The number of alkyl halides is 3. The molecular formula is C14H18F3NO2. The highest BCUT2D eigenvalue weighted by atomic mass is 19.4. The summed E-state index contributed by atoms with van der Waals surface area (Å²) in [5.41, 5.74) is -0.0639. The Balaban J connectivity index is 2.56. The third-order valence-electron chi connectivity index (χ3n) is 3.03. The molecule has 112 valence electrons. The first kappa shape index (κ1) is 16.5. The summed E-state index contributed by atoms with van der Waals surface area (Å²) in [6.45, 7) is 3.34. The van der Waals surface area contributed by atoms with E-state index in [0.717, 1.165) is 12.1 Å². The summed E-state index contributed by atoms with van der Waals surface area (Å²) in [5, 5.41) is 11.6. The molecule has 0 saturated carbocycles. The molecule has 0 aliphatic carbocycles. The highest BCUT2D eigenvalue weighted by Gasteiger charge is 2.30. The Morgan fingerprint density at radius 2 is 2.00 bits per heavy atom. The average Bonchev–Trinajstić information content (AvgIpc) is 2.35. The highest BCUT2D eigenvalue weighted by Crippen LogP contribution is 2.29. The fraction of sp³-hybridized carbons (Fsp3) is 0.500. The minimum absolute atomic E-state index is 0.0874. The SMILES string of the molecule is CC(CCc1cccc(C(F)(F)F)c1)N[C@@H](C)C(=O)O. The molecule has 0 fully saturated rings. The van der Waals surface area contributed by atoms with Crippen molar-refractivity contribution in [3.05, 3.63) is 35.4 Å². The zero-order valence-electron chi connectivity index (χ0n) is 11.4. The first-order valence-electron chi connectivity index (χ1n) is 6.35. The lowest BCUT2D eigenvalue weighted by Gasteiger charge is -2.17. The zero-order chi connectivity index (χ0) is 15.3. The maximum Gasteiger partial charge on any atom is 0.416 e. The number of rotatable bonds is 6. The van der Waals surface area contributed by atoms with E-state index in [1.165, 1.54) is 13.0 Å². The van der Waals surface area contributed by atoms with Crippen LogP contribution in [0.5, 0.6) is 0 Å². The van der Waals surface area contributed by atoms with Crippen molar-refractivity contribution in [2.75, 3.05) is 0 Å². The predicted molar refractivity (Wildman–Crippen MR) is 69.5 cm³/mol. The Labute approximate surface area is 115 Å². The van der Waals surface area contributed by atoms with Crippen LogP contribution in [0.3, 0.4) is 0 Å². The van der Waals surface area contributed by atoms with E-state index < -0.39 is 23.8 Å². The van der Waals surface area contributed by atoms with E-state index in [2.05, 4.69) is 5.32 Å². The molecule has 1 unspecified atom stereocenters. The molecule has 3 nitrogen and oxygen atoms in total. The summed E-state index contributed by atoms with van der Waals surface area (Å²) >= 11 is 0. The van der Waals surface area contributed by atoms with E-state index in [1.54, 1.807) is 6.07 Å². The van der Waals surface area contributed by atoms with Crippen molar-refractivity contribution in [1.29, 1.82) is 0 Å². The Morgan fingerprint density at radius 3 is 2.55 bits per heavy atom. The van der Waals surface area contributed by atoms with Gasteiger partial charge in [-0.15, -0.1) is 0 Å². The minimum Gasteiger partial charge on any atom is -0.480 e. The van der Waals surface area contributed by atoms with Gasteiger partial charge in [0.2, 0.25) is 0 Å². The van der Waals surface area contributed by atoms with Gasteiger partial charge in [-0.1, -0.05) is 18.2 Å². The van der Waals surface area contributed by atoms with Crippen molar-refractivity contribution in [1.82, 2.24) is 5.32 Å². The van der Waals surface area contributed by atoms with Gasteiger partial charge in [0.1, 0.15) is 6.04 Å². The molecule has 0 radical (unpaired) electrons. The third-order valence-corrected chi connectivity index (χ3v) is 3.03. The molecule has 0 spiro atoms. The smallest absolute Gasteiger partial charge is 0.416 e. The molecule has 1 rings (SSSR count). The fourth-order valence-electron chi connectivity index (χ4n) is 1.87. The van der Waals surface area contributed by atoms with Crippen molar-refractivity contribution in [2.45, 2.75) is 44.9 Å². The number of hydrogen-bond acceptors (Lipinski definition) is 2. The molecular weight excluding hydrogens is 271 g/mol. The summed E-state index contributed by atoms with van der Waals surface area (Å²) in [6.07, 6.45) is -3.30. The van der Waals surface area contributed by atoms with Crippen LogP contribution in [0.15, 0.2) is 24.3 Å². The lowest BCUT2D eigenvalue weighted by Crippen LogP contribution is -2.40. The Morgan fingerprint density at radius 1 is 1.35 bits per heavy atom. The molecule has 0 bridgehead atoms. The monoisotopic (exact) mass is 289 g/mol. The van der Waals surface area contributed by atoms with Crippen LogP contribution in [0.25, 0.3) is 0 Å². The van der Waals surface area contributed by atoms with Crippen LogP contribution in [0.1, 0.15) is 31.4 Å². The predicted octanol–water partition coefficient (Wildman–Crippen LogP) is 3.09. The van der Waals surface area contributed by atoms with Crippen LogP contribution in [-0.2, 0) is 17.4 Å². The van der Waals surface area contributed by atoms with Gasteiger partial charge in [0, 0.05) is 6.04 Å². The van der Waals surface area contributed by atoms with Crippen molar-refractivity contribution in [2.24, 2.45) is 0 Å². The standard InChI is InChI=1S/C14H18F3NO2/c1-9(18-10(2)13(19)20)6-7-11-4-3-5-12(8-11)14(15,16)17/h3-5,8-10,18H,6-7H2,1-2H3,(H,19,20)/t9?,10-/m0/s1. The minimum atomic E-state index is -4.34. The van der Waals surface area contributed by atoms with E-state index in [0.29, 0.717) is 18.4 Å². The van der Waals surface area contributed by atoms with Crippen molar-refractivity contribution >= 4 is 5.97 Å². The largest absolute Gasteiger partial charge is 0.480 e. The van der Waals surface area contributed by atoms with Gasteiger partial charge < -0.3 is 10.4 Å². The number of nitrogens with one attached hydrogen (secondary N) is 1. The van der Waals surface area contributed by atoms with E-state index >= 15 is 0 Å². The highest BCUT2D eigenvalue weighted by molar-refractivity contribution is 5.72. The van der Waals surface area contributed by atoms with Crippen molar-refractivity contribution in [3.8, 4) is 0 Å². The molecule has 6 heteroatoms. The van der Waals surface area contributed by atoms with E-state index in [4.69, 9.17) is 5.11 Å². The number of aliphatic carboxylic acids is 1. The summed E-state index contributed by atoms with van der Waals surface area (Å²) in [4.78, 5) is 10.7. The molecule has 0 aliphatic heterocycles. The van der Waals surface area contributed by atoms with Crippen LogP contribution >= 0.6 is 0 Å². The molecule has 20 heavy (non-hydrogen) atoms. The van der Waals surface area contributed by atoms with Crippen molar-refractivity contribution in [3.63, 3.8) is 0 Å². The zero-order valence-corrected chi connectivity index (χ0v) is 11.4. The summed E-state index contributed by atoms with van der Waals surface area (Å²) in [7, 11) is 0. The molecule has 0 aliphatic rings. The molecule has 1 aromatic carbocycles. The first-order chi connectivity index (χ1) is 9.20. The Hall–Kier alpha value is -1.56. The first-order valence-corrected chi connectivity index (χ1v) is 6.35. The summed E-state index contributed by atoms with van der Waals surface area (Å²) < 4.78 is 37.6. The number of carboxylic acids is 1. The van der Waals surface area contributed by atoms with Gasteiger partial charge in [0.25, 0.3) is 0 Å². The van der Waals surface area contributed by atoms with Crippen LogP contribution < -0.4 is 5.32 Å². The number of benzene rings is 1. The molecule has 0 heterocycles. The van der Waals surface area contributed by atoms with Crippen LogP contribution in [-0.4, -0.2) is 23.2 Å². The number of aryl methyl sites for hydroxylation is 1. The molecule has 0 amide bonds. The van der Waals surface area contributed by atoms with Gasteiger partial charge in [0.15, 0.2) is 0 Å². The molecule has 0 saturated heterocycles. The maximum absolute atomic E-state index is 12.5. The van der Waals surface area contributed by atoms with Crippen LogP contribution in [0, 0.1) is 0 Å². The maximum atomic E-state index is 12.5. The van der Waals surface area contributed by atoms with Gasteiger partial charge in [-0.3, -0.25) is 4.79 Å². The average molecular weight is 289 g/mol. The van der Waals surface area contributed by atoms with E-state index in [9.17, 15) is 18.0 Å². The molecule has 2 atom stereocenters. The lowest BCUT2D eigenvalue weighted by molar-refractivity contribution is -0.139. The second-order valence-corrected chi connectivity index (χ2v) is 4.86. The topological polar surface area (TPSA) is 49.3 Å². The second kappa shape index (κ2) is 6.74. The number of carbonyl (C=O) groups is 1. The Bertz CT molecular complexity index is 460. The molecule has 2 N–H and O–H groups in total. The quantitative estimate of drug-likeness (QED) is 0.846. The van der Waals surface area contributed by atoms with Gasteiger partial charge in [-0.25, -0.2) is 0 Å². The summed E-state index contributed by atoms with van der Waals surface area (Å²) in [6, 6.07) is 4.44. The number of hydrogen-bond donors (Lipinski definition) is 2. The third kappa shape index (κ3) is 5.21. The number of carboxylic acid groups (broad SMARTS) is 1. The van der Waals surface area contributed by atoms with Crippen LogP contribution in [0.4, 0.5) is 13.2 Å². The summed E-state index contributed by atoms with van der Waals surface area (Å²) in [5.74, 6) is -0.948. The van der Waals surface area contributed by atoms with Crippen molar-refractivity contribution < 1.29 is 23.1 Å². The van der Waals surface area contributed by atoms with Gasteiger partial charge in [-0.2, -0.15) is 13.2 Å². The Kier molecular flexibility index (Phi) is 5.56. The van der Waals surface area contributed by atoms with Gasteiger partial charge in [-0.05, 0) is 38.3 Å². The molecule has 0 aromatic heterocycles. The van der Waals surface area contributed by atoms with Crippen LogP contribution in [0.2, 0.25) is 0 Å². The normalized spacial score (nSPS) is 14.8. The number of halogens is 3. The second-order valence-electron chi connectivity index (χ2n) is 4.86. The van der Waals surface area contributed by atoms with Gasteiger partial charge >= 0.3 is 12.1 Å². The van der Waals surface area contributed by atoms with E-state index in [-0.39, 0.29) is 6.04 Å².